The molecule has 33 heavy (non-hydrogen) atoms. The summed E-state index contributed by atoms with van der Waals surface area (Å²) in [4.78, 5) is 42.1. The molecule has 3 heterocycles. The van der Waals surface area contributed by atoms with Crippen LogP contribution in [0.25, 0.3) is 0 Å². The number of benzene rings is 2. The fraction of sp³-hybridized carbons (Fsp3) is 0.348. The predicted molar refractivity (Wildman–Crippen MR) is 120 cm³/mol. The van der Waals surface area contributed by atoms with Gasteiger partial charge in [-0.1, -0.05) is 23.7 Å². The first kappa shape index (κ1) is 21.5. The maximum absolute atomic E-state index is 13.4. The smallest absolute Gasteiger partial charge is 0.327 e. The predicted octanol–water partition coefficient (Wildman–Crippen LogP) is 2.59. The van der Waals surface area contributed by atoms with Crippen LogP contribution in [0.1, 0.15) is 18.4 Å². The molecule has 2 aromatic carbocycles. The molecule has 172 valence electrons. The molecule has 9 nitrogen and oxygen atoms in total. The zero-order valence-electron chi connectivity index (χ0n) is 17.8. The molecular weight excluding hydrogens is 448 g/mol. The highest BCUT2D eigenvalue weighted by atomic mass is 35.5. The van der Waals surface area contributed by atoms with Crippen molar-refractivity contribution >= 4 is 35.1 Å². The molecule has 10 heteroatoms. The molecule has 2 atom stereocenters. The number of amides is 4. The molecule has 2 aromatic rings. The van der Waals surface area contributed by atoms with Crippen LogP contribution in [0.2, 0.25) is 5.02 Å². The number of halogens is 1. The van der Waals surface area contributed by atoms with Crippen molar-refractivity contribution in [3.05, 3.63) is 53.1 Å². The minimum absolute atomic E-state index is 0.0750. The Balaban J connectivity index is 1.36. The lowest BCUT2D eigenvalue weighted by Crippen LogP contribution is -2.70. The van der Waals surface area contributed by atoms with Gasteiger partial charge in [0.2, 0.25) is 18.6 Å². The number of rotatable bonds is 5. The maximum Gasteiger partial charge on any atom is 0.327 e. The third-order valence-corrected chi connectivity index (χ3v) is 6.27. The van der Waals surface area contributed by atoms with Crippen LogP contribution in [-0.4, -0.2) is 59.6 Å². The molecule has 3 aliphatic rings. The van der Waals surface area contributed by atoms with Gasteiger partial charge in [-0.05, 0) is 55.3 Å². The first-order chi connectivity index (χ1) is 16.0. The first-order valence-electron chi connectivity index (χ1n) is 10.8. The number of piperidine rings is 1. The molecule has 0 spiro atoms. The quantitative estimate of drug-likeness (QED) is 0.696. The van der Waals surface area contributed by atoms with Crippen LogP contribution >= 0.6 is 11.6 Å². The number of nitrogens with one attached hydrogen (secondary N) is 2. The summed E-state index contributed by atoms with van der Waals surface area (Å²) in [5.41, 5.74) is 1.28. The molecule has 5 rings (SSSR count). The summed E-state index contributed by atoms with van der Waals surface area (Å²) >= 11 is 6.00. The van der Waals surface area contributed by atoms with E-state index in [1.807, 2.05) is 0 Å². The normalized spacial score (nSPS) is 21.7. The second-order valence-corrected chi connectivity index (χ2v) is 8.66. The van der Waals surface area contributed by atoms with Crippen molar-refractivity contribution in [1.82, 2.24) is 15.1 Å². The van der Waals surface area contributed by atoms with E-state index >= 15 is 0 Å². The fourth-order valence-corrected chi connectivity index (χ4v) is 4.68. The van der Waals surface area contributed by atoms with E-state index in [0.717, 1.165) is 12.0 Å². The lowest BCUT2D eigenvalue weighted by molar-refractivity contribution is -0.138. The number of nitrogens with zero attached hydrogens (tertiary/aromatic N) is 2. The molecule has 2 fully saturated rings. The Morgan fingerprint density at radius 1 is 1.15 bits per heavy atom. The van der Waals surface area contributed by atoms with Gasteiger partial charge in [0.15, 0.2) is 11.5 Å². The van der Waals surface area contributed by atoms with E-state index in [4.69, 9.17) is 21.1 Å². The van der Waals surface area contributed by atoms with Crippen LogP contribution in [0.3, 0.4) is 0 Å². The van der Waals surface area contributed by atoms with Gasteiger partial charge in [-0.25, -0.2) is 4.79 Å². The van der Waals surface area contributed by atoms with Gasteiger partial charge in [-0.15, -0.1) is 0 Å². The minimum Gasteiger partial charge on any atom is -0.454 e. The minimum atomic E-state index is -0.551. The van der Waals surface area contributed by atoms with E-state index in [0.29, 0.717) is 35.2 Å². The highest BCUT2D eigenvalue weighted by molar-refractivity contribution is 6.30. The van der Waals surface area contributed by atoms with Gasteiger partial charge < -0.3 is 25.0 Å². The third-order valence-electron chi connectivity index (χ3n) is 6.03. The number of urea groups is 1. The van der Waals surface area contributed by atoms with E-state index in [-0.39, 0.29) is 37.7 Å². The van der Waals surface area contributed by atoms with Crippen molar-refractivity contribution in [2.45, 2.75) is 31.5 Å². The average molecular weight is 471 g/mol. The number of fused-ring (bicyclic) bond motifs is 2. The third kappa shape index (κ3) is 4.34. The van der Waals surface area contributed by atoms with Gasteiger partial charge in [0.05, 0.1) is 12.6 Å². The number of ether oxygens (including phenoxy) is 2. The van der Waals surface area contributed by atoms with Crippen LogP contribution in [0.4, 0.5) is 10.5 Å². The zero-order chi connectivity index (χ0) is 22.9. The van der Waals surface area contributed by atoms with Crippen LogP contribution in [-0.2, 0) is 16.1 Å². The maximum atomic E-state index is 13.4. The summed E-state index contributed by atoms with van der Waals surface area (Å²) in [6.45, 7) is 0.732. The van der Waals surface area contributed by atoms with Crippen LogP contribution in [0.15, 0.2) is 42.5 Å². The fourth-order valence-electron chi connectivity index (χ4n) is 4.49. The Bertz CT molecular complexity index is 1110. The molecule has 4 amide bonds. The van der Waals surface area contributed by atoms with Crippen LogP contribution in [0, 0.1) is 0 Å². The number of carbonyl (C=O) groups excluding carboxylic acids is 3. The topological polar surface area (TPSA) is 100 Å². The molecule has 3 aliphatic heterocycles. The highest BCUT2D eigenvalue weighted by Gasteiger charge is 2.47. The van der Waals surface area contributed by atoms with E-state index < -0.39 is 12.1 Å². The molecule has 2 N–H and O–H groups in total. The van der Waals surface area contributed by atoms with E-state index in [1.165, 1.54) is 9.80 Å². The largest absolute Gasteiger partial charge is 0.454 e. The van der Waals surface area contributed by atoms with Gasteiger partial charge in [0.25, 0.3) is 0 Å². The van der Waals surface area contributed by atoms with Gasteiger partial charge >= 0.3 is 6.03 Å². The molecular formula is C23H23ClN4O5. The standard InChI is InChI=1S/C23H23ClN4O5/c24-15-3-1-4-16(10-15)26-20(29)12-27-17-5-2-8-25-21(17)22(30)28(23(27)31)11-14-6-7-18-19(9-14)33-13-32-18/h1,3-4,6-7,9-10,17,21,25H,2,5,8,11-13H2,(H,26,29). The van der Waals surface area contributed by atoms with Crippen molar-refractivity contribution in [2.24, 2.45) is 0 Å². The van der Waals surface area contributed by atoms with E-state index in [1.54, 1.807) is 42.5 Å². The first-order valence-corrected chi connectivity index (χ1v) is 11.2. The second-order valence-electron chi connectivity index (χ2n) is 8.22. The van der Waals surface area contributed by atoms with Crippen LogP contribution < -0.4 is 20.1 Å². The Kier molecular flexibility index (Phi) is 5.82. The zero-order valence-corrected chi connectivity index (χ0v) is 18.5. The summed E-state index contributed by atoms with van der Waals surface area (Å²) in [6, 6.07) is 10.7. The molecule has 0 bridgehead atoms. The summed E-state index contributed by atoms with van der Waals surface area (Å²) in [7, 11) is 0. The molecule has 2 unspecified atom stereocenters. The lowest BCUT2D eigenvalue weighted by Gasteiger charge is -2.46. The van der Waals surface area contributed by atoms with Crippen molar-refractivity contribution in [3.8, 4) is 11.5 Å². The Labute approximate surface area is 195 Å². The summed E-state index contributed by atoms with van der Waals surface area (Å²) in [5.74, 6) is 0.570. The van der Waals surface area contributed by atoms with Crippen molar-refractivity contribution in [2.75, 3.05) is 25.2 Å². The molecule has 0 aromatic heterocycles. The second kappa shape index (κ2) is 8.92. The number of anilines is 1. The number of hydrogen-bond donors (Lipinski definition) is 2. The summed E-state index contributed by atoms with van der Waals surface area (Å²) in [6.07, 6.45) is 1.47. The Morgan fingerprint density at radius 3 is 2.85 bits per heavy atom. The number of imide groups is 1. The Hall–Kier alpha value is -3.30. The molecule has 2 saturated heterocycles. The molecule has 0 aliphatic carbocycles. The monoisotopic (exact) mass is 470 g/mol. The van der Waals surface area contributed by atoms with Gasteiger partial charge in [0.1, 0.15) is 12.6 Å². The van der Waals surface area contributed by atoms with Gasteiger partial charge in [-0.3, -0.25) is 14.5 Å². The number of hydrogen-bond acceptors (Lipinski definition) is 6. The van der Waals surface area contributed by atoms with E-state index in [9.17, 15) is 14.4 Å². The molecule has 0 saturated carbocycles. The van der Waals surface area contributed by atoms with Gasteiger partial charge in [-0.2, -0.15) is 0 Å². The lowest BCUT2D eigenvalue weighted by atomic mass is 9.93. The molecule has 0 radical (unpaired) electrons. The van der Waals surface area contributed by atoms with Crippen molar-refractivity contribution in [1.29, 1.82) is 0 Å². The SMILES string of the molecule is O=C(CN1C(=O)N(Cc2ccc3c(c2)OCO3)C(=O)C2NCCCC21)Nc1cccc(Cl)c1. The summed E-state index contributed by atoms with van der Waals surface area (Å²) in [5, 5.41) is 6.51. The van der Waals surface area contributed by atoms with Gasteiger partial charge in [0, 0.05) is 10.7 Å². The average Bonchev–Trinajstić information content (AvgIpc) is 3.27. The summed E-state index contributed by atoms with van der Waals surface area (Å²) < 4.78 is 10.7. The van der Waals surface area contributed by atoms with Crippen molar-refractivity contribution in [3.63, 3.8) is 0 Å². The Morgan fingerprint density at radius 2 is 2.00 bits per heavy atom. The van der Waals surface area contributed by atoms with E-state index in [2.05, 4.69) is 10.6 Å². The number of carbonyl (C=O) groups is 3. The van der Waals surface area contributed by atoms with Crippen LogP contribution in [0.5, 0.6) is 11.5 Å². The highest BCUT2D eigenvalue weighted by Crippen LogP contribution is 2.33. The van der Waals surface area contributed by atoms with Crippen molar-refractivity contribution < 1.29 is 23.9 Å².